The van der Waals surface area contributed by atoms with Crippen molar-refractivity contribution in [1.29, 1.82) is 0 Å². The predicted molar refractivity (Wildman–Crippen MR) is 125 cm³/mol. The molecule has 6 heteroatoms. The minimum Gasteiger partial charge on any atom is -0.493 e. The maximum absolute atomic E-state index is 14.0. The summed E-state index contributed by atoms with van der Waals surface area (Å²) in [7, 11) is 1.60. The highest BCUT2D eigenvalue weighted by atomic mass is 79.9. The van der Waals surface area contributed by atoms with Gasteiger partial charge in [0.1, 0.15) is 12.4 Å². The Balaban J connectivity index is 1.45. The molecule has 0 saturated carbocycles. The zero-order chi connectivity index (χ0) is 21.6. The van der Waals surface area contributed by atoms with Gasteiger partial charge in [0.25, 0.3) is 0 Å². The van der Waals surface area contributed by atoms with Crippen molar-refractivity contribution < 1.29 is 13.9 Å². The van der Waals surface area contributed by atoms with Crippen LogP contribution in [-0.4, -0.2) is 18.6 Å². The number of nitrogens with one attached hydrogen (secondary N) is 2. The molecule has 1 heterocycles. The summed E-state index contributed by atoms with van der Waals surface area (Å²) in [4.78, 5) is 3.31. The number of halogens is 2. The molecule has 4 rings (SSSR count). The highest BCUT2D eigenvalue weighted by molar-refractivity contribution is 9.10. The van der Waals surface area contributed by atoms with Crippen LogP contribution in [0.3, 0.4) is 0 Å². The molecule has 0 amide bonds. The Kier molecular flexibility index (Phi) is 6.89. The van der Waals surface area contributed by atoms with E-state index in [9.17, 15) is 4.39 Å². The fourth-order valence-electron chi connectivity index (χ4n) is 3.61. The number of fused-ring (bicyclic) bond motifs is 1. The van der Waals surface area contributed by atoms with Crippen LogP contribution < -0.4 is 14.8 Å². The number of aromatic nitrogens is 1. The van der Waals surface area contributed by atoms with Crippen LogP contribution in [0.4, 0.5) is 4.39 Å². The van der Waals surface area contributed by atoms with Crippen molar-refractivity contribution in [2.45, 2.75) is 19.6 Å². The molecule has 160 valence electrons. The van der Waals surface area contributed by atoms with Crippen LogP contribution in [0.2, 0.25) is 0 Å². The lowest BCUT2D eigenvalue weighted by atomic mass is 10.1. The number of hydrogen-bond donors (Lipinski definition) is 2. The summed E-state index contributed by atoms with van der Waals surface area (Å²) in [5, 5.41) is 4.74. The van der Waals surface area contributed by atoms with Crippen molar-refractivity contribution in [2.75, 3.05) is 13.7 Å². The summed E-state index contributed by atoms with van der Waals surface area (Å²) >= 11 is 3.62. The van der Waals surface area contributed by atoms with Gasteiger partial charge < -0.3 is 19.8 Å². The van der Waals surface area contributed by atoms with Crippen molar-refractivity contribution in [3.8, 4) is 11.5 Å². The fraction of sp³-hybridized carbons (Fsp3) is 0.200. The number of hydrogen-bond acceptors (Lipinski definition) is 3. The molecule has 31 heavy (non-hydrogen) atoms. The minimum atomic E-state index is -0.283. The predicted octanol–water partition coefficient (Wildman–Crippen LogP) is 5.99. The second-order valence-electron chi connectivity index (χ2n) is 7.22. The van der Waals surface area contributed by atoms with E-state index in [2.05, 4.69) is 50.6 Å². The van der Waals surface area contributed by atoms with Gasteiger partial charge in [-0.2, -0.15) is 0 Å². The Hall–Kier alpha value is -2.83. The summed E-state index contributed by atoms with van der Waals surface area (Å²) in [6.07, 6.45) is 2.97. The molecule has 2 N–H and O–H groups in total. The van der Waals surface area contributed by atoms with Crippen molar-refractivity contribution in [3.05, 3.63) is 93.8 Å². The molecule has 1 aromatic heterocycles. The average molecular weight is 483 g/mol. The number of methoxy groups -OCH3 is 1. The summed E-state index contributed by atoms with van der Waals surface area (Å²) in [6.45, 7) is 1.52. The summed E-state index contributed by atoms with van der Waals surface area (Å²) in [6, 6.07) is 18.7. The zero-order valence-electron chi connectivity index (χ0n) is 17.3. The Morgan fingerprint density at radius 1 is 1.00 bits per heavy atom. The number of H-pyrrole nitrogens is 1. The zero-order valence-corrected chi connectivity index (χ0v) is 18.8. The smallest absolute Gasteiger partial charge is 0.167 e. The van der Waals surface area contributed by atoms with E-state index in [0.29, 0.717) is 23.6 Å². The van der Waals surface area contributed by atoms with Crippen LogP contribution in [0.5, 0.6) is 11.5 Å². The second-order valence-corrected chi connectivity index (χ2v) is 8.08. The van der Waals surface area contributed by atoms with E-state index in [1.165, 1.54) is 17.0 Å². The summed E-state index contributed by atoms with van der Waals surface area (Å²) < 4.78 is 26.5. The van der Waals surface area contributed by atoms with Crippen molar-refractivity contribution in [2.24, 2.45) is 0 Å². The molecule has 0 aliphatic heterocycles. The quantitative estimate of drug-likeness (QED) is 0.288. The maximum Gasteiger partial charge on any atom is 0.167 e. The molecular weight excluding hydrogens is 459 g/mol. The molecule has 3 aromatic carbocycles. The summed E-state index contributed by atoms with van der Waals surface area (Å²) in [5.41, 5.74) is 3.87. The van der Waals surface area contributed by atoms with Crippen LogP contribution in [0.1, 0.15) is 16.7 Å². The first-order valence-electron chi connectivity index (χ1n) is 10.1. The number of benzene rings is 3. The molecule has 0 aliphatic carbocycles. The third kappa shape index (κ3) is 4.92. The molecule has 0 spiro atoms. The van der Waals surface area contributed by atoms with E-state index in [4.69, 9.17) is 9.47 Å². The molecular formula is C25H24BrFN2O2. The molecule has 0 radical (unpaired) electrons. The fourth-order valence-corrected chi connectivity index (χ4v) is 4.06. The molecule has 0 aliphatic rings. The number of ether oxygens (including phenoxy) is 2. The average Bonchev–Trinajstić information content (AvgIpc) is 3.20. The van der Waals surface area contributed by atoms with Gasteiger partial charge in [-0.1, -0.05) is 52.3 Å². The highest BCUT2D eigenvalue weighted by Crippen LogP contribution is 2.37. The van der Waals surface area contributed by atoms with Crippen LogP contribution in [0.25, 0.3) is 10.9 Å². The lowest BCUT2D eigenvalue weighted by Gasteiger charge is -2.17. The van der Waals surface area contributed by atoms with E-state index in [1.54, 1.807) is 25.3 Å². The van der Waals surface area contributed by atoms with Gasteiger partial charge in [0, 0.05) is 39.2 Å². The molecule has 4 aromatic rings. The lowest BCUT2D eigenvalue weighted by molar-refractivity contribution is 0.275. The normalized spacial score (nSPS) is 11.1. The number of para-hydroxylation sites is 1. The first-order chi connectivity index (χ1) is 15.2. The monoisotopic (exact) mass is 482 g/mol. The number of aromatic amines is 1. The van der Waals surface area contributed by atoms with E-state index >= 15 is 0 Å². The SMILES string of the molecule is COc1ccc(Br)c(CNCCc2c[nH]c3ccccc23)c1OCc1ccccc1F. The van der Waals surface area contributed by atoms with Gasteiger partial charge in [-0.15, -0.1) is 0 Å². The first-order valence-corrected chi connectivity index (χ1v) is 10.9. The van der Waals surface area contributed by atoms with E-state index in [0.717, 1.165) is 28.5 Å². The minimum absolute atomic E-state index is 0.127. The van der Waals surface area contributed by atoms with Crippen LogP contribution in [0.15, 0.2) is 71.3 Å². The van der Waals surface area contributed by atoms with E-state index in [1.807, 2.05) is 18.2 Å². The van der Waals surface area contributed by atoms with Gasteiger partial charge in [-0.3, -0.25) is 0 Å². The largest absolute Gasteiger partial charge is 0.493 e. The Labute approximate surface area is 189 Å². The van der Waals surface area contributed by atoms with Gasteiger partial charge in [0.15, 0.2) is 11.5 Å². The Bertz CT molecular complexity index is 1180. The molecule has 0 fully saturated rings. The molecule has 0 unspecified atom stereocenters. The van der Waals surface area contributed by atoms with E-state index < -0.39 is 0 Å². The van der Waals surface area contributed by atoms with Crippen molar-refractivity contribution in [3.63, 3.8) is 0 Å². The topological polar surface area (TPSA) is 46.3 Å². The number of rotatable bonds is 9. The highest BCUT2D eigenvalue weighted by Gasteiger charge is 2.15. The molecule has 0 saturated heterocycles. The van der Waals surface area contributed by atoms with Crippen molar-refractivity contribution in [1.82, 2.24) is 10.3 Å². The van der Waals surface area contributed by atoms with Gasteiger partial charge in [0.2, 0.25) is 0 Å². The first kappa shape index (κ1) is 21.4. The van der Waals surface area contributed by atoms with Gasteiger partial charge in [-0.05, 0) is 42.8 Å². The molecule has 0 atom stereocenters. The van der Waals surface area contributed by atoms with Crippen LogP contribution in [0, 0.1) is 5.82 Å². The third-order valence-electron chi connectivity index (χ3n) is 5.26. The Morgan fingerprint density at radius 3 is 2.65 bits per heavy atom. The third-order valence-corrected chi connectivity index (χ3v) is 6.01. The molecule has 4 nitrogen and oxygen atoms in total. The lowest BCUT2D eigenvalue weighted by Crippen LogP contribution is -2.18. The van der Waals surface area contributed by atoms with Crippen LogP contribution in [-0.2, 0) is 19.6 Å². The summed E-state index contributed by atoms with van der Waals surface area (Å²) in [5.74, 6) is 0.947. The Morgan fingerprint density at radius 2 is 1.81 bits per heavy atom. The van der Waals surface area contributed by atoms with Crippen molar-refractivity contribution >= 4 is 26.8 Å². The van der Waals surface area contributed by atoms with Gasteiger partial charge in [0.05, 0.1) is 7.11 Å². The molecule has 0 bridgehead atoms. The van der Waals surface area contributed by atoms with Crippen LogP contribution >= 0.6 is 15.9 Å². The maximum atomic E-state index is 14.0. The standard InChI is InChI=1S/C25H24BrFN2O2/c1-30-24-11-10-21(26)20(25(24)31-16-18-6-2-4-8-22(18)27)15-28-13-12-17-14-29-23-9-5-3-7-19(17)23/h2-11,14,28-29H,12-13,15-16H2,1H3. The van der Waals surface area contributed by atoms with Gasteiger partial charge >= 0.3 is 0 Å². The second kappa shape index (κ2) is 9.98. The van der Waals surface area contributed by atoms with E-state index in [-0.39, 0.29) is 12.4 Å². The van der Waals surface area contributed by atoms with Gasteiger partial charge in [-0.25, -0.2) is 4.39 Å².